The van der Waals surface area contributed by atoms with Crippen molar-refractivity contribution in [3.63, 3.8) is 0 Å². The summed E-state index contributed by atoms with van der Waals surface area (Å²) in [6.45, 7) is 6.33. The van der Waals surface area contributed by atoms with Gasteiger partial charge in [-0.1, -0.05) is 25.4 Å². The van der Waals surface area contributed by atoms with Crippen molar-refractivity contribution in [2.24, 2.45) is 5.92 Å². The fourth-order valence-corrected chi connectivity index (χ4v) is 1.85. The zero-order valence-corrected chi connectivity index (χ0v) is 11.4. The summed E-state index contributed by atoms with van der Waals surface area (Å²) in [6.07, 6.45) is 0. The molecule has 5 nitrogen and oxygen atoms in total. The molecule has 1 atom stereocenters. The van der Waals surface area contributed by atoms with Crippen LogP contribution in [-0.2, 0) is 0 Å². The van der Waals surface area contributed by atoms with Crippen molar-refractivity contribution in [2.45, 2.75) is 26.8 Å². The first-order chi connectivity index (χ1) is 8.50. The zero-order valence-electron chi connectivity index (χ0n) is 10.6. The highest BCUT2D eigenvalue weighted by Crippen LogP contribution is 2.29. The Morgan fingerprint density at radius 2 is 2.00 bits per heavy atom. The van der Waals surface area contributed by atoms with E-state index in [1.807, 2.05) is 6.07 Å². The van der Waals surface area contributed by atoms with Gasteiger partial charge in [-0.25, -0.2) is 4.68 Å². The van der Waals surface area contributed by atoms with Gasteiger partial charge in [0.25, 0.3) is 0 Å². The monoisotopic (exact) mass is 265 g/mol. The Morgan fingerprint density at radius 1 is 1.28 bits per heavy atom. The smallest absolute Gasteiger partial charge is 0.184 e. The van der Waals surface area contributed by atoms with Crippen molar-refractivity contribution in [1.82, 2.24) is 20.2 Å². The van der Waals surface area contributed by atoms with Gasteiger partial charge in [0.2, 0.25) is 0 Å². The minimum Gasteiger partial charge on any atom is -0.398 e. The number of nitrogens with zero attached hydrogens (tertiary/aromatic N) is 4. The van der Waals surface area contributed by atoms with E-state index in [1.54, 1.807) is 16.8 Å². The fourth-order valence-electron chi connectivity index (χ4n) is 1.66. The van der Waals surface area contributed by atoms with Gasteiger partial charge in [0.1, 0.15) is 0 Å². The van der Waals surface area contributed by atoms with Gasteiger partial charge in [0, 0.05) is 16.3 Å². The fraction of sp³-hybridized carbons (Fsp3) is 0.417. The molecule has 0 amide bonds. The van der Waals surface area contributed by atoms with Gasteiger partial charge in [-0.05, 0) is 41.5 Å². The number of benzene rings is 1. The van der Waals surface area contributed by atoms with Gasteiger partial charge in [-0.3, -0.25) is 0 Å². The summed E-state index contributed by atoms with van der Waals surface area (Å²) >= 11 is 5.89. The van der Waals surface area contributed by atoms with E-state index in [4.69, 9.17) is 17.3 Å². The summed E-state index contributed by atoms with van der Waals surface area (Å²) in [6, 6.07) is 5.53. The second kappa shape index (κ2) is 4.94. The average Bonchev–Trinajstić information content (AvgIpc) is 2.76. The highest BCUT2D eigenvalue weighted by molar-refractivity contribution is 6.31. The van der Waals surface area contributed by atoms with Gasteiger partial charge in [0.05, 0.1) is 6.04 Å². The minimum absolute atomic E-state index is 0.199. The van der Waals surface area contributed by atoms with Gasteiger partial charge in [-0.2, -0.15) is 0 Å². The SMILES string of the molecule is CC(C)C(C)n1nnnc1-c1ccc(Cl)cc1N. The molecule has 18 heavy (non-hydrogen) atoms. The van der Waals surface area contributed by atoms with E-state index in [0.717, 1.165) is 5.56 Å². The quantitative estimate of drug-likeness (QED) is 0.867. The largest absolute Gasteiger partial charge is 0.398 e. The third-order valence-electron chi connectivity index (χ3n) is 3.10. The van der Waals surface area contributed by atoms with Crippen molar-refractivity contribution in [1.29, 1.82) is 0 Å². The molecule has 0 saturated heterocycles. The maximum Gasteiger partial charge on any atom is 0.184 e. The molecule has 0 aliphatic heterocycles. The molecule has 0 fully saturated rings. The first-order valence-electron chi connectivity index (χ1n) is 5.84. The van der Waals surface area contributed by atoms with Gasteiger partial charge >= 0.3 is 0 Å². The lowest BCUT2D eigenvalue weighted by Crippen LogP contribution is -2.14. The molecule has 2 aromatic rings. The number of hydrogen-bond donors (Lipinski definition) is 1. The molecule has 0 bridgehead atoms. The summed E-state index contributed by atoms with van der Waals surface area (Å²) in [5, 5.41) is 12.4. The number of nitrogen functional groups attached to an aromatic ring is 1. The molecule has 2 N–H and O–H groups in total. The normalized spacial score (nSPS) is 12.9. The Hall–Kier alpha value is -1.62. The van der Waals surface area contributed by atoms with E-state index in [0.29, 0.717) is 22.5 Å². The van der Waals surface area contributed by atoms with Crippen molar-refractivity contribution in [3.05, 3.63) is 23.2 Å². The van der Waals surface area contributed by atoms with Crippen molar-refractivity contribution < 1.29 is 0 Å². The second-order valence-electron chi connectivity index (χ2n) is 4.66. The van der Waals surface area contributed by atoms with E-state index in [1.165, 1.54) is 0 Å². The second-order valence-corrected chi connectivity index (χ2v) is 5.10. The van der Waals surface area contributed by atoms with Crippen LogP contribution in [0.15, 0.2) is 18.2 Å². The number of halogens is 1. The number of nitrogens with two attached hydrogens (primary N) is 1. The number of aromatic nitrogens is 4. The molecule has 0 aliphatic rings. The molecular weight excluding hydrogens is 250 g/mol. The predicted octanol–water partition coefficient (Wildman–Crippen LogP) is 2.79. The third-order valence-corrected chi connectivity index (χ3v) is 3.33. The first-order valence-corrected chi connectivity index (χ1v) is 6.21. The molecule has 0 radical (unpaired) electrons. The summed E-state index contributed by atoms with van der Waals surface area (Å²) in [7, 11) is 0. The van der Waals surface area contributed by atoms with Crippen LogP contribution in [0.1, 0.15) is 26.8 Å². The Balaban J connectivity index is 2.49. The van der Waals surface area contributed by atoms with Crippen LogP contribution >= 0.6 is 11.6 Å². The van der Waals surface area contributed by atoms with Gasteiger partial charge in [-0.15, -0.1) is 5.10 Å². The third kappa shape index (κ3) is 2.31. The maximum absolute atomic E-state index is 5.96. The van der Waals surface area contributed by atoms with Crippen LogP contribution in [0.2, 0.25) is 5.02 Å². The minimum atomic E-state index is 0.199. The van der Waals surface area contributed by atoms with Crippen LogP contribution in [0.4, 0.5) is 5.69 Å². The van der Waals surface area contributed by atoms with E-state index >= 15 is 0 Å². The molecule has 2 rings (SSSR count). The Bertz CT molecular complexity index is 549. The highest BCUT2D eigenvalue weighted by atomic mass is 35.5. The lowest BCUT2D eigenvalue weighted by molar-refractivity contribution is 0.371. The first kappa shape index (κ1) is 12.8. The van der Waals surface area contributed by atoms with E-state index < -0.39 is 0 Å². The van der Waals surface area contributed by atoms with Gasteiger partial charge in [0.15, 0.2) is 5.82 Å². The van der Waals surface area contributed by atoms with Crippen LogP contribution < -0.4 is 5.73 Å². The lowest BCUT2D eigenvalue weighted by atomic mass is 10.1. The van der Waals surface area contributed by atoms with Crippen LogP contribution in [-0.4, -0.2) is 20.2 Å². The molecule has 1 aromatic carbocycles. The summed E-state index contributed by atoms with van der Waals surface area (Å²) in [5.74, 6) is 1.10. The topological polar surface area (TPSA) is 69.6 Å². The predicted molar refractivity (Wildman–Crippen MR) is 72.2 cm³/mol. The molecule has 96 valence electrons. The number of hydrogen-bond acceptors (Lipinski definition) is 4. The van der Waals surface area contributed by atoms with E-state index in [9.17, 15) is 0 Å². The summed E-state index contributed by atoms with van der Waals surface area (Å²) < 4.78 is 1.80. The maximum atomic E-state index is 5.96. The summed E-state index contributed by atoms with van der Waals surface area (Å²) in [4.78, 5) is 0. The number of anilines is 1. The van der Waals surface area contributed by atoms with Crippen molar-refractivity contribution in [3.8, 4) is 11.4 Å². The highest BCUT2D eigenvalue weighted by Gasteiger charge is 2.18. The van der Waals surface area contributed by atoms with Crippen molar-refractivity contribution in [2.75, 3.05) is 5.73 Å². The standard InChI is InChI=1S/C12H16ClN5/c1-7(2)8(3)18-12(15-16-17-18)10-5-4-9(13)6-11(10)14/h4-8H,14H2,1-3H3. The molecule has 1 heterocycles. The Morgan fingerprint density at radius 3 is 2.61 bits per heavy atom. The van der Waals surface area contributed by atoms with Crippen LogP contribution in [0.3, 0.4) is 0 Å². The van der Waals surface area contributed by atoms with E-state index in [2.05, 4.69) is 36.3 Å². The van der Waals surface area contributed by atoms with Crippen LogP contribution in [0, 0.1) is 5.92 Å². The molecule has 1 unspecified atom stereocenters. The number of rotatable bonds is 3. The number of tetrazole rings is 1. The average molecular weight is 266 g/mol. The van der Waals surface area contributed by atoms with Crippen LogP contribution in [0.5, 0.6) is 0 Å². The lowest BCUT2D eigenvalue weighted by Gasteiger charge is -2.17. The molecule has 6 heteroatoms. The Kier molecular flexibility index (Phi) is 3.52. The van der Waals surface area contributed by atoms with Crippen LogP contribution in [0.25, 0.3) is 11.4 Å². The molecular formula is C12H16ClN5. The van der Waals surface area contributed by atoms with Gasteiger partial charge < -0.3 is 5.73 Å². The van der Waals surface area contributed by atoms with Crippen molar-refractivity contribution >= 4 is 17.3 Å². The molecule has 1 aromatic heterocycles. The molecule has 0 saturated carbocycles. The van der Waals surface area contributed by atoms with E-state index in [-0.39, 0.29) is 6.04 Å². The molecule has 0 spiro atoms. The molecule has 0 aliphatic carbocycles. The summed E-state index contributed by atoms with van der Waals surface area (Å²) in [5.41, 5.74) is 7.35. The zero-order chi connectivity index (χ0) is 13.3. The Labute approximate surface area is 111 Å².